The number of fused-ring (bicyclic) bond motifs is 5. The minimum absolute atomic E-state index is 0. The second-order valence-corrected chi connectivity index (χ2v) is 19.3. The van der Waals surface area contributed by atoms with Gasteiger partial charge in [-0.15, -0.1) is 0 Å². The zero-order valence-electron chi connectivity index (χ0n) is 33.7. The minimum Gasteiger partial charge on any atom is -0.497 e. The van der Waals surface area contributed by atoms with E-state index in [1.165, 1.54) is 4.90 Å². The van der Waals surface area contributed by atoms with Gasteiger partial charge in [-0.3, -0.25) is 19.1 Å². The quantitative estimate of drug-likeness (QED) is 0.335. The van der Waals surface area contributed by atoms with Crippen molar-refractivity contribution in [3.63, 3.8) is 0 Å². The molecule has 4 fully saturated rings. The van der Waals surface area contributed by atoms with E-state index in [2.05, 4.69) is 36.1 Å². The van der Waals surface area contributed by atoms with E-state index in [9.17, 15) is 27.6 Å². The van der Waals surface area contributed by atoms with Gasteiger partial charge in [-0.2, -0.15) is 0 Å². The number of ether oxygens (including phenoxy) is 3. The number of nitrogens with zero attached hydrogens (tertiary/aromatic N) is 3. The second kappa shape index (κ2) is 16.3. The highest BCUT2D eigenvalue weighted by Crippen LogP contribution is 2.47. The number of alkyl carbamates (subject to hydrolysis) is 1. The number of carbonyl (C=O) groups is 4. The van der Waals surface area contributed by atoms with Crippen molar-refractivity contribution in [3.8, 4) is 11.6 Å². The van der Waals surface area contributed by atoms with Crippen LogP contribution >= 0.6 is 0 Å². The second-order valence-electron chi connectivity index (χ2n) is 17.1. The number of amides is 4. The molecule has 3 N–H and O–H groups in total. The summed E-state index contributed by atoms with van der Waals surface area (Å²) in [5.41, 5.74) is 0.479. The molecule has 4 amide bonds. The highest BCUT2D eigenvalue weighted by Gasteiger charge is 2.62. The molecule has 2 aromatic rings. The molecule has 5 aliphatic rings. The third-order valence-corrected chi connectivity index (χ3v) is 13.9. The molecule has 1 saturated heterocycles. The molecule has 314 valence electrons. The van der Waals surface area contributed by atoms with Crippen LogP contribution in [-0.4, -0.2) is 95.8 Å². The summed E-state index contributed by atoms with van der Waals surface area (Å²) in [7, 11) is -2.38. The van der Waals surface area contributed by atoms with E-state index in [1.54, 1.807) is 27.0 Å². The fourth-order valence-electron chi connectivity index (χ4n) is 7.68. The molecule has 56 heavy (non-hydrogen) atoms. The van der Waals surface area contributed by atoms with Gasteiger partial charge in [-0.05, 0) is 88.2 Å². The van der Waals surface area contributed by atoms with E-state index in [0.29, 0.717) is 54.0 Å². The fraction of sp³-hybridized carbons (Fsp3) is 0.700. The third-order valence-electron chi connectivity index (χ3n) is 11.7. The Morgan fingerprint density at radius 1 is 1.09 bits per heavy atom. The van der Waals surface area contributed by atoms with Crippen LogP contribution in [-0.2, 0) is 35.6 Å². The van der Waals surface area contributed by atoms with Crippen molar-refractivity contribution in [2.24, 2.45) is 23.7 Å². The molecule has 0 unspecified atom stereocenters. The number of rotatable bonds is 7. The summed E-state index contributed by atoms with van der Waals surface area (Å²) in [5.74, 6) is -0.778. The number of hydrogen-bond donors (Lipinski definition) is 3. The van der Waals surface area contributed by atoms with Gasteiger partial charge >= 0.3 is 6.09 Å². The molecule has 0 radical (unpaired) electrons. The smallest absolute Gasteiger partial charge is 0.407 e. The lowest BCUT2D eigenvalue weighted by molar-refractivity contribution is -0.140. The van der Waals surface area contributed by atoms with Crippen LogP contribution in [0.15, 0.2) is 18.2 Å². The van der Waals surface area contributed by atoms with E-state index in [-0.39, 0.29) is 35.2 Å². The molecule has 0 spiro atoms. The first-order valence-electron chi connectivity index (χ1n) is 20.1. The Labute approximate surface area is 334 Å². The topological polar surface area (TPSA) is 195 Å². The predicted molar refractivity (Wildman–Crippen MR) is 215 cm³/mol. The van der Waals surface area contributed by atoms with E-state index >= 15 is 0 Å². The SMILES string of the molecule is CC(C)C.CC[C@@H]1[C@@H]2CN(C(=O)CNC(=O)O[C@@H]3C[C@H]3CCCCCc3nc4ccc(OC)cc4nc3O2)[C@@H]1C(=O)N[C@]1(C(=O)NS(=O)(=O)C2(C)CC2)C[C@H]1C.[HH].[HH].[HH]. The number of nitrogens with one attached hydrogen (secondary N) is 3. The maximum Gasteiger partial charge on any atom is 0.407 e. The van der Waals surface area contributed by atoms with Crippen LogP contribution in [0.5, 0.6) is 11.6 Å². The molecular formula is C40H64N6O9S. The first-order valence-corrected chi connectivity index (χ1v) is 21.6. The van der Waals surface area contributed by atoms with Crippen LogP contribution in [0.4, 0.5) is 4.79 Å². The van der Waals surface area contributed by atoms with Crippen LogP contribution in [0.3, 0.4) is 0 Å². The van der Waals surface area contributed by atoms with Crippen LogP contribution in [0, 0.1) is 23.7 Å². The van der Waals surface area contributed by atoms with Gasteiger partial charge in [0.25, 0.3) is 5.91 Å². The number of benzene rings is 1. The summed E-state index contributed by atoms with van der Waals surface area (Å²) < 4.78 is 44.8. The Morgan fingerprint density at radius 2 is 1.80 bits per heavy atom. The van der Waals surface area contributed by atoms with Gasteiger partial charge in [0.15, 0.2) is 0 Å². The average molecular weight is 805 g/mol. The Hall–Kier alpha value is -4.21. The third kappa shape index (κ3) is 8.99. The molecule has 15 nitrogen and oxygen atoms in total. The van der Waals surface area contributed by atoms with Crippen molar-refractivity contribution in [1.29, 1.82) is 0 Å². The molecule has 2 aliphatic heterocycles. The fourth-order valence-corrected chi connectivity index (χ4v) is 8.99. The summed E-state index contributed by atoms with van der Waals surface area (Å²) in [5, 5.41) is 5.41. The van der Waals surface area contributed by atoms with Crippen molar-refractivity contribution in [3.05, 3.63) is 23.9 Å². The first-order chi connectivity index (χ1) is 26.5. The number of sulfonamides is 1. The predicted octanol–water partition coefficient (Wildman–Crippen LogP) is 5.15. The van der Waals surface area contributed by atoms with E-state index in [0.717, 1.165) is 38.0 Å². The van der Waals surface area contributed by atoms with Gasteiger partial charge in [-0.1, -0.05) is 47.5 Å². The lowest BCUT2D eigenvalue weighted by atomic mass is 9.94. The van der Waals surface area contributed by atoms with Crippen LogP contribution in [0.2, 0.25) is 0 Å². The van der Waals surface area contributed by atoms with Crippen molar-refractivity contribution >= 4 is 44.9 Å². The van der Waals surface area contributed by atoms with E-state index in [4.69, 9.17) is 24.2 Å². The Bertz CT molecular complexity index is 1950. The standard InChI is InChI=1S/C36H48N6O9S.C4H10.3H2/c1-5-23-28-19-42(30(23)31(44)40-36(17-20(36)2)33(45)41-52(47,48)35(3)13-14-35)29(43)18-37-34(46)51-27-15-21(27)9-7-6-8-10-25-32(50-28)39-26-16-22(49-4)11-12-24(26)38-25;1-4(2)3;;;/h11-12,16,20-21,23,27-28,30H,5-10,13-15,17-19H2,1-4H3,(H,37,46)(H,40,44)(H,41,45);4H,1-3H3;3*1H/t20-,21-,23-,27-,28+,30+,36-;;;;/m1..../s1. The minimum atomic E-state index is -3.95. The normalized spacial score (nSPS) is 29.8. The maximum absolute atomic E-state index is 14.4. The number of aromatic nitrogens is 2. The van der Waals surface area contributed by atoms with Gasteiger partial charge in [0.05, 0.1) is 29.4 Å². The summed E-state index contributed by atoms with van der Waals surface area (Å²) in [6.45, 7) is 11.3. The Morgan fingerprint density at radius 3 is 2.45 bits per heavy atom. The zero-order chi connectivity index (χ0) is 40.6. The molecule has 1 aromatic carbocycles. The number of hydrogen-bond acceptors (Lipinski definition) is 11. The molecule has 3 saturated carbocycles. The van der Waals surface area contributed by atoms with Gasteiger partial charge in [0.1, 0.15) is 41.8 Å². The maximum atomic E-state index is 14.4. The van der Waals surface area contributed by atoms with Crippen LogP contribution < -0.4 is 24.8 Å². The first kappa shape index (κ1) is 41.4. The summed E-state index contributed by atoms with van der Waals surface area (Å²) >= 11 is 0. The van der Waals surface area contributed by atoms with Gasteiger partial charge in [0, 0.05) is 16.3 Å². The van der Waals surface area contributed by atoms with Gasteiger partial charge < -0.3 is 29.7 Å². The molecule has 3 aliphatic carbocycles. The Kier molecular flexibility index (Phi) is 12.1. The van der Waals surface area contributed by atoms with E-state index in [1.807, 2.05) is 19.1 Å². The molecule has 1 aromatic heterocycles. The van der Waals surface area contributed by atoms with E-state index < -0.39 is 68.7 Å². The summed E-state index contributed by atoms with van der Waals surface area (Å²) in [4.78, 5) is 65.6. The molecule has 16 heteroatoms. The van der Waals surface area contributed by atoms with Crippen molar-refractivity contribution in [2.45, 2.75) is 134 Å². The molecule has 7 rings (SSSR count). The lowest BCUT2D eigenvalue weighted by Gasteiger charge is -2.29. The van der Waals surface area contributed by atoms with Crippen LogP contribution in [0.1, 0.15) is 109 Å². The number of methoxy groups -OCH3 is 1. The monoisotopic (exact) mass is 804 g/mol. The highest BCUT2D eigenvalue weighted by atomic mass is 32.2. The van der Waals surface area contributed by atoms with Crippen molar-refractivity contribution in [1.82, 2.24) is 30.2 Å². The van der Waals surface area contributed by atoms with Crippen molar-refractivity contribution < 1.29 is 46.1 Å². The van der Waals surface area contributed by atoms with Gasteiger partial charge in [-0.25, -0.2) is 23.2 Å². The van der Waals surface area contributed by atoms with Crippen molar-refractivity contribution in [2.75, 3.05) is 20.2 Å². The summed E-state index contributed by atoms with van der Waals surface area (Å²) in [6, 6.07) is 4.35. The Balaban J connectivity index is 0.00000127. The molecule has 2 bridgehead atoms. The largest absolute Gasteiger partial charge is 0.497 e. The summed E-state index contributed by atoms with van der Waals surface area (Å²) in [6.07, 6.45) is 5.02. The molecule has 3 heterocycles. The zero-order valence-corrected chi connectivity index (χ0v) is 34.5. The number of carbonyl (C=O) groups excluding carboxylic acids is 4. The lowest BCUT2D eigenvalue weighted by Crippen LogP contribution is -2.58. The highest BCUT2D eigenvalue weighted by molar-refractivity contribution is 7.91. The van der Waals surface area contributed by atoms with Gasteiger partial charge in [0.2, 0.25) is 27.7 Å². The number of aryl methyl sites for hydroxylation is 1. The average Bonchev–Trinajstić information content (AvgIpc) is 4.10. The van der Waals surface area contributed by atoms with Crippen LogP contribution in [0.25, 0.3) is 11.0 Å². The molecule has 7 atom stereocenters. The molecular weight excluding hydrogens is 741 g/mol.